The van der Waals surface area contributed by atoms with Gasteiger partial charge in [-0.05, 0) is 54.5 Å². The summed E-state index contributed by atoms with van der Waals surface area (Å²) < 4.78 is 0. The molecule has 3 aliphatic carbocycles. The predicted octanol–water partition coefficient (Wildman–Crippen LogP) is 0.973. The molecule has 3 aliphatic rings. The summed E-state index contributed by atoms with van der Waals surface area (Å²) in [5.74, 6) is -7.29. The van der Waals surface area contributed by atoms with Crippen molar-refractivity contribution in [3.63, 3.8) is 0 Å². The normalized spacial score (nSPS) is 27.0. The molecule has 1 saturated carbocycles. The van der Waals surface area contributed by atoms with Gasteiger partial charge in [0.2, 0.25) is 5.91 Å². The number of ketones is 2. The van der Waals surface area contributed by atoms with E-state index in [0.29, 0.717) is 28.9 Å². The van der Waals surface area contributed by atoms with Gasteiger partial charge >= 0.3 is 0 Å². The SMILES string of the molecule is CN(C)c1cc(CNCc2ccc(C#N)cc2)c(O)c2c1C[C@H]1C[C@H]3CC(O)C(C(N)=O)C(=O)[C@@]3(O)C(O)=C1C2=O. The number of carbonyl (C=O) groups excluding carboxylic acids is 3. The van der Waals surface area contributed by atoms with E-state index in [9.17, 15) is 34.8 Å². The number of aromatic hydroxyl groups is 1. The lowest BCUT2D eigenvalue weighted by Crippen LogP contribution is -2.63. The fraction of sp³-hybridized carbons (Fsp3) is 0.400. The maximum Gasteiger partial charge on any atom is 0.230 e. The second-order valence-corrected chi connectivity index (χ2v) is 11.3. The number of primary amides is 1. The molecule has 7 N–H and O–H groups in total. The molecule has 41 heavy (non-hydrogen) atoms. The van der Waals surface area contributed by atoms with Crippen LogP contribution in [-0.2, 0) is 29.1 Å². The predicted molar refractivity (Wildman–Crippen MR) is 147 cm³/mol. The summed E-state index contributed by atoms with van der Waals surface area (Å²) in [6, 6.07) is 10.9. The molecule has 11 nitrogen and oxygen atoms in total. The molecule has 11 heteroatoms. The minimum atomic E-state index is -2.54. The number of phenols is 1. The molecule has 1 amide bonds. The van der Waals surface area contributed by atoms with Crippen molar-refractivity contribution >= 4 is 23.2 Å². The Kier molecular flexibility index (Phi) is 7.11. The van der Waals surface area contributed by atoms with Gasteiger partial charge < -0.3 is 36.4 Å². The second kappa shape index (κ2) is 10.3. The van der Waals surface area contributed by atoms with E-state index in [1.54, 1.807) is 18.2 Å². The molecule has 2 unspecified atom stereocenters. The molecule has 0 bridgehead atoms. The van der Waals surface area contributed by atoms with Gasteiger partial charge in [0.15, 0.2) is 17.2 Å². The number of aliphatic hydroxyl groups is 3. The van der Waals surface area contributed by atoms with E-state index >= 15 is 0 Å². The molecule has 214 valence electrons. The van der Waals surface area contributed by atoms with Crippen LogP contribution in [0.2, 0.25) is 0 Å². The number of fused-ring (bicyclic) bond motifs is 3. The molecule has 0 radical (unpaired) electrons. The van der Waals surface area contributed by atoms with Gasteiger partial charge in [-0.3, -0.25) is 14.4 Å². The third-order valence-corrected chi connectivity index (χ3v) is 8.65. The fourth-order valence-corrected chi connectivity index (χ4v) is 6.60. The Balaban J connectivity index is 1.52. The van der Waals surface area contributed by atoms with Gasteiger partial charge in [0, 0.05) is 49.9 Å². The summed E-state index contributed by atoms with van der Waals surface area (Å²) in [4.78, 5) is 40.9. The highest BCUT2D eigenvalue weighted by molar-refractivity contribution is 6.16. The molecule has 1 fully saturated rings. The molecular formula is C30H32N4O7. The number of nitriles is 1. The van der Waals surface area contributed by atoms with E-state index in [1.807, 2.05) is 31.1 Å². The van der Waals surface area contributed by atoms with Crippen LogP contribution in [0.4, 0.5) is 5.69 Å². The van der Waals surface area contributed by atoms with Gasteiger partial charge in [0.1, 0.15) is 17.4 Å². The highest BCUT2D eigenvalue weighted by Gasteiger charge is 2.62. The number of rotatable bonds is 6. The van der Waals surface area contributed by atoms with Crippen LogP contribution in [0.25, 0.3) is 0 Å². The highest BCUT2D eigenvalue weighted by atomic mass is 16.3. The number of nitrogens with zero attached hydrogens (tertiary/aromatic N) is 2. The number of nitrogens with one attached hydrogen (secondary N) is 1. The van der Waals surface area contributed by atoms with Crippen LogP contribution in [0.1, 0.15) is 45.5 Å². The van der Waals surface area contributed by atoms with Crippen LogP contribution in [0.5, 0.6) is 5.75 Å². The molecular weight excluding hydrogens is 528 g/mol. The van der Waals surface area contributed by atoms with Gasteiger partial charge in [-0.25, -0.2) is 0 Å². The summed E-state index contributed by atoms with van der Waals surface area (Å²) in [6.07, 6.45) is -1.21. The van der Waals surface area contributed by atoms with Gasteiger partial charge in [0.25, 0.3) is 0 Å². The first-order valence-electron chi connectivity index (χ1n) is 13.4. The van der Waals surface area contributed by atoms with Crippen molar-refractivity contribution in [1.82, 2.24) is 5.32 Å². The Hall–Kier alpha value is -4.24. The summed E-state index contributed by atoms with van der Waals surface area (Å²) in [7, 11) is 3.63. The largest absolute Gasteiger partial charge is 0.508 e. The minimum absolute atomic E-state index is 0.0130. The molecule has 2 aromatic rings. The van der Waals surface area contributed by atoms with E-state index < -0.39 is 52.7 Å². The van der Waals surface area contributed by atoms with Crippen LogP contribution in [0.15, 0.2) is 41.7 Å². The topological polar surface area (TPSA) is 197 Å². The number of carbonyl (C=O) groups is 3. The van der Waals surface area contributed by atoms with Gasteiger partial charge in [-0.1, -0.05) is 12.1 Å². The highest BCUT2D eigenvalue weighted by Crippen LogP contribution is 2.52. The average molecular weight is 561 g/mol. The number of hydrogen-bond donors (Lipinski definition) is 6. The lowest BCUT2D eigenvalue weighted by Gasteiger charge is -2.48. The Labute approximate surface area is 236 Å². The first-order chi connectivity index (χ1) is 19.4. The number of phenolic OH excluding ortho intramolecular Hbond substituents is 1. The molecule has 5 rings (SSSR count). The van der Waals surface area contributed by atoms with Crippen molar-refractivity contribution in [3.05, 3.63) is 69.5 Å². The molecule has 0 aromatic heterocycles. The zero-order valence-electron chi connectivity index (χ0n) is 22.7. The minimum Gasteiger partial charge on any atom is -0.508 e. The number of amides is 1. The molecule has 0 spiro atoms. The molecule has 5 atom stereocenters. The fourth-order valence-electron chi connectivity index (χ4n) is 6.60. The Bertz CT molecular complexity index is 1520. The number of anilines is 1. The van der Waals surface area contributed by atoms with Crippen molar-refractivity contribution in [1.29, 1.82) is 5.26 Å². The summed E-state index contributed by atoms with van der Waals surface area (Å²) >= 11 is 0. The van der Waals surface area contributed by atoms with Crippen molar-refractivity contribution in [2.24, 2.45) is 23.5 Å². The van der Waals surface area contributed by atoms with Crippen LogP contribution in [-0.4, -0.2) is 63.7 Å². The summed E-state index contributed by atoms with van der Waals surface area (Å²) in [6.45, 7) is 0.634. The Morgan fingerprint density at radius 2 is 1.85 bits per heavy atom. The van der Waals surface area contributed by atoms with Crippen LogP contribution in [0, 0.1) is 29.1 Å². The Morgan fingerprint density at radius 3 is 2.46 bits per heavy atom. The zero-order valence-corrected chi connectivity index (χ0v) is 22.7. The van der Waals surface area contributed by atoms with Crippen LogP contribution >= 0.6 is 0 Å². The standard InChI is InChI=1S/C30H32N4O7/c1-34(2)20-9-17(13-33-12-15-5-3-14(11-31)4-6-15)25(36)23-19(20)8-16-7-18-10-21(35)24(29(32)40)28(39)30(18,41)27(38)22(16)26(23)37/h3-6,9,16,18,21,24,33,35-36,38,41H,7-8,10,12-13H2,1-2H3,(H2,32,40)/t16-,18+,21?,24?,30+/m1/s1. The van der Waals surface area contributed by atoms with E-state index in [2.05, 4.69) is 11.4 Å². The average Bonchev–Trinajstić information content (AvgIpc) is 2.91. The third kappa shape index (κ3) is 4.44. The summed E-state index contributed by atoms with van der Waals surface area (Å²) in [5, 5.41) is 56.7. The van der Waals surface area contributed by atoms with Gasteiger partial charge in [-0.15, -0.1) is 0 Å². The maximum atomic E-state index is 14.0. The van der Waals surface area contributed by atoms with E-state index in [0.717, 1.165) is 5.56 Å². The number of Topliss-reactive ketones (excluding diaryl/α,β-unsaturated/α-hetero) is 2. The molecule has 2 aromatic carbocycles. The van der Waals surface area contributed by atoms with E-state index in [1.165, 1.54) is 0 Å². The summed E-state index contributed by atoms with van der Waals surface area (Å²) in [5.41, 5.74) is 5.77. The zero-order chi connectivity index (χ0) is 29.8. The molecule has 0 heterocycles. The third-order valence-electron chi connectivity index (χ3n) is 8.65. The lowest BCUT2D eigenvalue weighted by atomic mass is 9.57. The van der Waals surface area contributed by atoms with Crippen molar-refractivity contribution in [2.75, 3.05) is 19.0 Å². The van der Waals surface area contributed by atoms with Crippen molar-refractivity contribution in [3.8, 4) is 11.8 Å². The molecule has 0 saturated heterocycles. The van der Waals surface area contributed by atoms with E-state index in [4.69, 9.17) is 11.0 Å². The first kappa shape index (κ1) is 28.3. The lowest BCUT2D eigenvalue weighted by molar-refractivity contribution is -0.167. The van der Waals surface area contributed by atoms with Crippen molar-refractivity contribution < 1.29 is 34.8 Å². The number of nitrogens with two attached hydrogens (primary N) is 1. The van der Waals surface area contributed by atoms with E-state index in [-0.39, 0.29) is 42.7 Å². The second-order valence-electron chi connectivity index (χ2n) is 11.3. The van der Waals surface area contributed by atoms with Gasteiger partial charge in [-0.2, -0.15) is 5.26 Å². The maximum absolute atomic E-state index is 14.0. The van der Waals surface area contributed by atoms with Crippen molar-refractivity contribution in [2.45, 2.75) is 44.1 Å². The molecule has 0 aliphatic heterocycles. The number of allylic oxidation sites excluding steroid dienone is 1. The monoisotopic (exact) mass is 560 g/mol. The quantitative estimate of drug-likeness (QED) is 0.277. The Morgan fingerprint density at radius 1 is 1.17 bits per heavy atom. The van der Waals surface area contributed by atoms with Crippen LogP contribution in [0.3, 0.4) is 0 Å². The van der Waals surface area contributed by atoms with Crippen LogP contribution < -0.4 is 16.0 Å². The first-order valence-corrected chi connectivity index (χ1v) is 13.4. The number of benzene rings is 2. The number of aliphatic hydroxyl groups excluding tert-OH is 2. The smallest absolute Gasteiger partial charge is 0.230 e. The number of hydrogen-bond acceptors (Lipinski definition) is 10. The van der Waals surface area contributed by atoms with Gasteiger partial charge in [0.05, 0.1) is 23.3 Å².